The zero-order valence-corrected chi connectivity index (χ0v) is 17.3. The van der Waals surface area contributed by atoms with E-state index < -0.39 is 10.8 Å². The Kier molecular flexibility index (Phi) is 8.35. The first-order valence-corrected chi connectivity index (χ1v) is 9.49. The number of ether oxygens (including phenoxy) is 2. The number of hydrogen-bond donors (Lipinski definition) is 1. The molecule has 9 heteroatoms. The van der Waals surface area contributed by atoms with Gasteiger partial charge in [-0.2, -0.15) is 5.10 Å². The summed E-state index contributed by atoms with van der Waals surface area (Å²) in [6.45, 7) is 6.26. The molecule has 0 aliphatic rings. The number of nitro groups is 1. The fourth-order valence-corrected chi connectivity index (χ4v) is 2.83. The fraction of sp³-hybridized carbons (Fsp3) is 0.200. The minimum Gasteiger partial charge on any atom is -0.490 e. The number of benzene rings is 2. The van der Waals surface area contributed by atoms with E-state index in [0.29, 0.717) is 40.3 Å². The third-order valence-electron chi connectivity index (χ3n) is 3.65. The summed E-state index contributed by atoms with van der Waals surface area (Å²) in [6, 6.07) is 9.55. The molecule has 2 aromatic rings. The Labute approximate surface area is 176 Å². The summed E-state index contributed by atoms with van der Waals surface area (Å²) in [5.41, 5.74) is 3.24. The third-order valence-corrected chi connectivity index (χ3v) is 4.34. The van der Waals surface area contributed by atoms with Crippen LogP contribution < -0.4 is 14.9 Å². The largest absolute Gasteiger partial charge is 0.490 e. The van der Waals surface area contributed by atoms with Crippen molar-refractivity contribution in [2.24, 2.45) is 5.10 Å². The van der Waals surface area contributed by atoms with E-state index in [1.807, 2.05) is 6.92 Å². The molecule has 0 aliphatic carbocycles. The van der Waals surface area contributed by atoms with Gasteiger partial charge in [-0.05, 0) is 35.0 Å². The molecule has 8 nitrogen and oxygen atoms in total. The lowest BCUT2D eigenvalue weighted by molar-refractivity contribution is -0.385. The number of para-hydroxylation sites is 1. The summed E-state index contributed by atoms with van der Waals surface area (Å²) in [5, 5.41) is 15.0. The van der Waals surface area contributed by atoms with Crippen LogP contribution in [0.15, 0.2) is 58.6 Å². The predicted octanol–water partition coefficient (Wildman–Crippen LogP) is 4.01. The molecule has 0 bridgehead atoms. The second-order valence-electron chi connectivity index (χ2n) is 5.71. The summed E-state index contributed by atoms with van der Waals surface area (Å²) in [6.07, 6.45) is 2.92. The minimum atomic E-state index is -0.520. The van der Waals surface area contributed by atoms with E-state index in [2.05, 4.69) is 33.0 Å². The van der Waals surface area contributed by atoms with Gasteiger partial charge in [-0.25, -0.2) is 5.43 Å². The van der Waals surface area contributed by atoms with E-state index in [4.69, 9.17) is 9.47 Å². The first-order chi connectivity index (χ1) is 14.0. The topological polar surface area (TPSA) is 103 Å². The Morgan fingerprint density at radius 3 is 2.72 bits per heavy atom. The highest BCUT2D eigenvalue weighted by atomic mass is 79.9. The van der Waals surface area contributed by atoms with Crippen molar-refractivity contribution in [2.75, 3.05) is 13.2 Å². The normalized spacial score (nSPS) is 10.6. The van der Waals surface area contributed by atoms with Gasteiger partial charge in [0.05, 0.1) is 24.2 Å². The molecule has 0 radical (unpaired) electrons. The van der Waals surface area contributed by atoms with E-state index in [1.165, 1.54) is 18.3 Å². The van der Waals surface area contributed by atoms with E-state index in [1.54, 1.807) is 30.3 Å². The van der Waals surface area contributed by atoms with Gasteiger partial charge in [0.25, 0.3) is 5.69 Å². The van der Waals surface area contributed by atoms with Gasteiger partial charge in [0.2, 0.25) is 5.91 Å². The number of carbonyl (C=O) groups is 1. The van der Waals surface area contributed by atoms with E-state index in [0.717, 1.165) is 0 Å². The standard InChI is InChI=1S/C20H20BrN3O5/c1-3-9-29-19-12-16(21)15(10-18(19)28-4-2)13-22-23-20(25)11-14-7-5-6-8-17(14)24(26)27/h3,5-8,10,12-13H,1,4,9,11H2,2H3,(H,23,25)/b22-13+. The van der Waals surface area contributed by atoms with Crippen LogP contribution in [0, 0.1) is 10.1 Å². The molecule has 0 aromatic heterocycles. The van der Waals surface area contributed by atoms with Crippen molar-refractivity contribution in [3.63, 3.8) is 0 Å². The highest BCUT2D eigenvalue weighted by molar-refractivity contribution is 9.10. The molecule has 0 saturated heterocycles. The average Bonchev–Trinajstić information content (AvgIpc) is 2.69. The van der Waals surface area contributed by atoms with Gasteiger partial charge in [0.15, 0.2) is 11.5 Å². The molecule has 1 amide bonds. The molecule has 0 heterocycles. The van der Waals surface area contributed by atoms with Crippen molar-refractivity contribution >= 4 is 33.7 Å². The molecule has 29 heavy (non-hydrogen) atoms. The Morgan fingerprint density at radius 2 is 2.03 bits per heavy atom. The van der Waals surface area contributed by atoms with E-state index >= 15 is 0 Å². The maximum Gasteiger partial charge on any atom is 0.273 e. The molecule has 0 spiro atoms. The molecule has 0 atom stereocenters. The average molecular weight is 462 g/mol. The van der Waals surface area contributed by atoms with E-state index in [9.17, 15) is 14.9 Å². The Hall–Kier alpha value is -3.20. The van der Waals surface area contributed by atoms with Crippen molar-refractivity contribution in [3.05, 3.63) is 74.8 Å². The number of nitrogens with zero attached hydrogens (tertiary/aromatic N) is 2. The lowest BCUT2D eigenvalue weighted by atomic mass is 10.1. The first kappa shape index (κ1) is 22.1. The third kappa shape index (κ3) is 6.42. The molecular formula is C20H20BrN3O5. The lowest BCUT2D eigenvalue weighted by Gasteiger charge is -2.12. The van der Waals surface area contributed by atoms with Crippen molar-refractivity contribution in [2.45, 2.75) is 13.3 Å². The van der Waals surface area contributed by atoms with Crippen LogP contribution in [0.5, 0.6) is 11.5 Å². The van der Waals surface area contributed by atoms with E-state index in [-0.39, 0.29) is 12.1 Å². The quantitative estimate of drug-likeness (QED) is 0.249. The minimum absolute atomic E-state index is 0.106. The fourth-order valence-electron chi connectivity index (χ4n) is 2.40. The molecule has 0 fully saturated rings. The predicted molar refractivity (Wildman–Crippen MR) is 114 cm³/mol. The highest BCUT2D eigenvalue weighted by Crippen LogP contribution is 2.33. The highest BCUT2D eigenvalue weighted by Gasteiger charge is 2.15. The van der Waals surface area contributed by atoms with Crippen molar-refractivity contribution < 1.29 is 19.2 Å². The van der Waals surface area contributed by atoms with Crippen LogP contribution in [-0.4, -0.2) is 30.3 Å². The molecule has 2 aromatic carbocycles. The van der Waals surface area contributed by atoms with Crippen molar-refractivity contribution in [3.8, 4) is 11.5 Å². The SMILES string of the molecule is C=CCOc1cc(Br)c(/C=N/NC(=O)Cc2ccccc2[N+](=O)[O-])cc1OCC. The van der Waals surface area contributed by atoms with Crippen LogP contribution in [0.25, 0.3) is 0 Å². The first-order valence-electron chi connectivity index (χ1n) is 8.70. The number of hydrazone groups is 1. The van der Waals surface area contributed by atoms with Crippen LogP contribution in [0.2, 0.25) is 0 Å². The number of carbonyl (C=O) groups excluding carboxylic acids is 1. The maximum atomic E-state index is 12.1. The second-order valence-corrected chi connectivity index (χ2v) is 6.56. The molecule has 152 valence electrons. The van der Waals surface area contributed by atoms with Gasteiger partial charge < -0.3 is 9.47 Å². The summed E-state index contributed by atoms with van der Waals surface area (Å²) in [5.74, 6) is 0.615. The van der Waals surface area contributed by atoms with Gasteiger partial charge in [-0.1, -0.05) is 30.9 Å². The van der Waals surface area contributed by atoms with Gasteiger partial charge in [-0.15, -0.1) is 0 Å². The molecule has 1 N–H and O–H groups in total. The molecule has 2 rings (SSSR count). The smallest absolute Gasteiger partial charge is 0.273 e. The number of rotatable bonds is 10. The Morgan fingerprint density at radius 1 is 1.31 bits per heavy atom. The second kappa shape index (κ2) is 11.0. The van der Waals surface area contributed by atoms with Gasteiger partial charge in [-0.3, -0.25) is 14.9 Å². The Bertz CT molecular complexity index is 930. The van der Waals surface area contributed by atoms with Crippen LogP contribution in [-0.2, 0) is 11.2 Å². The zero-order chi connectivity index (χ0) is 21.2. The van der Waals surface area contributed by atoms with Crippen molar-refractivity contribution in [1.82, 2.24) is 5.43 Å². The van der Waals surface area contributed by atoms with Crippen LogP contribution in [0.1, 0.15) is 18.1 Å². The number of nitrogens with one attached hydrogen (secondary N) is 1. The van der Waals surface area contributed by atoms with Crippen LogP contribution in [0.4, 0.5) is 5.69 Å². The summed E-state index contributed by atoms with van der Waals surface area (Å²) in [4.78, 5) is 22.6. The zero-order valence-electron chi connectivity index (χ0n) is 15.8. The maximum absolute atomic E-state index is 12.1. The number of nitro benzene ring substituents is 1. The molecule has 0 unspecified atom stereocenters. The van der Waals surface area contributed by atoms with Crippen molar-refractivity contribution in [1.29, 1.82) is 0 Å². The van der Waals surface area contributed by atoms with Crippen LogP contribution >= 0.6 is 15.9 Å². The lowest BCUT2D eigenvalue weighted by Crippen LogP contribution is -2.20. The molecular weight excluding hydrogens is 442 g/mol. The number of halogens is 1. The molecule has 0 saturated carbocycles. The number of hydrogen-bond acceptors (Lipinski definition) is 6. The Balaban J connectivity index is 2.09. The monoisotopic (exact) mass is 461 g/mol. The number of amides is 1. The summed E-state index contributed by atoms with van der Waals surface area (Å²) in [7, 11) is 0. The van der Waals surface area contributed by atoms with Gasteiger partial charge >= 0.3 is 0 Å². The van der Waals surface area contributed by atoms with Gasteiger partial charge in [0, 0.05) is 21.7 Å². The summed E-state index contributed by atoms with van der Waals surface area (Å²) < 4.78 is 11.8. The summed E-state index contributed by atoms with van der Waals surface area (Å²) >= 11 is 3.43. The van der Waals surface area contributed by atoms with Gasteiger partial charge in [0.1, 0.15) is 6.61 Å². The van der Waals surface area contributed by atoms with Crippen LogP contribution in [0.3, 0.4) is 0 Å². The molecule has 0 aliphatic heterocycles.